The lowest BCUT2D eigenvalue weighted by Gasteiger charge is -2.22. The van der Waals surface area contributed by atoms with E-state index in [1.165, 1.54) is 10.4 Å². The molecule has 3 rings (SSSR count). The third-order valence-corrected chi connectivity index (χ3v) is 7.38. The molecule has 1 N–H and O–H groups in total. The highest BCUT2D eigenvalue weighted by molar-refractivity contribution is 7.11. The number of allylic oxidation sites excluding steroid dienone is 4. The first-order valence-corrected chi connectivity index (χ1v) is 12.9. The summed E-state index contributed by atoms with van der Waals surface area (Å²) in [5, 5.41) is 5.07. The zero-order valence-electron chi connectivity index (χ0n) is 22.2. The second-order valence-electron chi connectivity index (χ2n) is 10.5. The van der Waals surface area contributed by atoms with Gasteiger partial charge in [0.05, 0.1) is 0 Å². The van der Waals surface area contributed by atoms with Crippen molar-refractivity contribution in [3.63, 3.8) is 0 Å². The van der Waals surface area contributed by atoms with Gasteiger partial charge in [0.1, 0.15) is 5.60 Å². The van der Waals surface area contributed by atoms with Gasteiger partial charge in [0, 0.05) is 40.7 Å². The van der Waals surface area contributed by atoms with Crippen LogP contribution in [-0.4, -0.2) is 31.0 Å². The van der Waals surface area contributed by atoms with Crippen molar-refractivity contribution in [1.29, 1.82) is 0 Å². The first-order valence-electron chi connectivity index (χ1n) is 12.0. The van der Waals surface area contributed by atoms with E-state index in [1.54, 1.807) is 11.3 Å². The van der Waals surface area contributed by atoms with Crippen molar-refractivity contribution in [3.8, 4) is 0 Å². The van der Waals surface area contributed by atoms with E-state index in [1.807, 2.05) is 48.6 Å². The van der Waals surface area contributed by atoms with Gasteiger partial charge in [-0.1, -0.05) is 37.4 Å². The number of amides is 1. The van der Waals surface area contributed by atoms with Crippen molar-refractivity contribution in [1.82, 2.24) is 5.32 Å². The number of hydrogen-bond donors (Lipinski definition) is 1. The molecule has 0 radical (unpaired) electrons. The molecular formula is C30H38N2O2S. The van der Waals surface area contributed by atoms with Crippen LogP contribution in [0, 0.1) is 0 Å². The van der Waals surface area contributed by atoms with E-state index in [0.29, 0.717) is 6.54 Å². The van der Waals surface area contributed by atoms with Gasteiger partial charge in [-0.15, -0.1) is 11.3 Å². The Labute approximate surface area is 214 Å². The number of aliphatic imine (C=N–C) groups is 1. The average Bonchev–Trinajstić information content (AvgIpc) is 3.41. The van der Waals surface area contributed by atoms with E-state index in [9.17, 15) is 4.79 Å². The maximum atomic E-state index is 12.2. The molecule has 0 aliphatic heterocycles. The minimum atomic E-state index is -0.503. The molecule has 0 atom stereocenters. The number of ether oxygens (including phenoxy) is 1. The number of rotatable bonds is 8. The summed E-state index contributed by atoms with van der Waals surface area (Å²) in [6.45, 7) is 20.8. The zero-order valence-corrected chi connectivity index (χ0v) is 23.0. The van der Waals surface area contributed by atoms with Crippen molar-refractivity contribution >= 4 is 39.9 Å². The lowest BCUT2D eigenvalue weighted by atomic mass is 9.86. The van der Waals surface area contributed by atoms with Crippen LogP contribution in [0.2, 0.25) is 0 Å². The minimum Gasteiger partial charge on any atom is -0.444 e. The van der Waals surface area contributed by atoms with Gasteiger partial charge >= 0.3 is 6.09 Å². The molecule has 2 aromatic rings. The molecule has 5 heteroatoms. The third kappa shape index (κ3) is 6.21. The standard InChI is InChI=1S/C30H38N2O2S/c1-19(2)25(24-14-17-35-27(24)20(3)4)26(21(5)31-9)22-10-12-23(13-11-22)30(15-16-30)18-32-28(33)34-29(6,7)8/h10-14,17H,1,3,15-16,18H2,2,4-9H3,(H,32,33)/b26-25-,31-21?. The SMILES string of the molecule is C=C(C)/C(=C(\C(C)=NC)c1ccc(C2(CNC(=O)OC(C)(C)C)CC2)cc1)c1ccsc1C(=C)C. The molecule has 1 aromatic heterocycles. The molecule has 0 spiro atoms. The zero-order chi connectivity index (χ0) is 26.0. The maximum absolute atomic E-state index is 12.2. The number of carbonyl (C=O) groups excluding carboxylic acids is 1. The molecule has 1 fully saturated rings. The third-order valence-electron chi connectivity index (χ3n) is 6.31. The van der Waals surface area contributed by atoms with E-state index >= 15 is 0 Å². The smallest absolute Gasteiger partial charge is 0.407 e. The lowest BCUT2D eigenvalue weighted by molar-refractivity contribution is 0.0522. The van der Waals surface area contributed by atoms with E-state index in [2.05, 4.69) is 59.2 Å². The van der Waals surface area contributed by atoms with Gasteiger partial charge in [-0.2, -0.15) is 0 Å². The Morgan fingerprint density at radius 3 is 2.20 bits per heavy atom. The van der Waals surface area contributed by atoms with Gasteiger partial charge in [0.15, 0.2) is 0 Å². The normalized spacial score (nSPS) is 15.8. The minimum absolute atomic E-state index is 0.0230. The summed E-state index contributed by atoms with van der Waals surface area (Å²) in [5.74, 6) is 0. The van der Waals surface area contributed by atoms with Crippen molar-refractivity contribution in [2.24, 2.45) is 4.99 Å². The van der Waals surface area contributed by atoms with Crippen LogP contribution in [0.4, 0.5) is 4.79 Å². The molecule has 1 aliphatic rings. The van der Waals surface area contributed by atoms with Gasteiger partial charge in [0.25, 0.3) is 0 Å². The number of nitrogens with one attached hydrogen (secondary N) is 1. The van der Waals surface area contributed by atoms with Crippen molar-refractivity contribution in [3.05, 3.63) is 76.0 Å². The van der Waals surface area contributed by atoms with E-state index < -0.39 is 5.60 Å². The quantitative estimate of drug-likeness (QED) is 0.302. The first kappa shape index (κ1) is 26.7. The fourth-order valence-electron chi connectivity index (χ4n) is 4.32. The fourth-order valence-corrected chi connectivity index (χ4v) is 5.16. The van der Waals surface area contributed by atoms with Crippen LogP contribution in [-0.2, 0) is 10.2 Å². The van der Waals surface area contributed by atoms with Crippen molar-refractivity contribution in [2.45, 2.75) is 65.4 Å². The van der Waals surface area contributed by atoms with E-state index in [4.69, 9.17) is 4.74 Å². The Morgan fingerprint density at radius 1 is 1.09 bits per heavy atom. The molecule has 0 unspecified atom stereocenters. The van der Waals surface area contributed by atoms with E-state index in [0.717, 1.165) is 52.0 Å². The molecule has 1 saturated carbocycles. The summed E-state index contributed by atoms with van der Waals surface area (Å²) in [6.07, 6.45) is 1.73. The predicted molar refractivity (Wildman–Crippen MR) is 151 cm³/mol. The molecule has 0 bridgehead atoms. The monoisotopic (exact) mass is 490 g/mol. The fraction of sp³-hybridized carbons (Fsp3) is 0.400. The van der Waals surface area contributed by atoms with Crippen LogP contribution >= 0.6 is 11.3 Å². The Morgan fingerprint density at radius 2 is 1.71 bits per heavy atom. The van der Waals surface area contributed by atoms with Gasteiger partial charge < -0.3 is 10.1 Å². The molecule has 186 valence electrons. The molecule has 1 heterocycles. The summed E-state index contributed by atoms with van der Waals surface area (Å²) in [5.41, 5.74) is 8.15. The highest BCUT2D eigenvalue weighted by Crippen LogP contribution is 2.48. The second kappa shape index (κ2) is 10.4. The summed E-state index contributed by atoms with van der Waals surface area (Å²) >= 11 is 1.70. The van der Waals surface area contributed by atoms with Crippen LogP contribution < -0.4 is 5.32 Å². The molecule has 35 heavy (non-hydrogen) atoms. The van der Waals surface area contributed by atoms with E-state index in [-0.39, 0.29) is 11.5 Å². The van der Waals surface area contributed by atoms with Crippen LogP contribution in [0.3, 0.4) is 0 Å². The lowest BCUT2D eigenvalue weighted by Crippen LogP contribution is -2.37. The molecule has 4 nitrogen and oxygen atoms in total. The number of thiophene rings is 1. The number of nitrogens with zero attached hydrogens (tertiary/aromatic N) is 1. The number of benzene rings is 1. The van der Waals surface area contributed by atoms with Crippen molar-refractivity contribution < 1.29 is 9.53 Å². The number of alkyl carbamates (subject to hydrolysis) is 1. The predicted octanol–water partition coefficient (Wildman–Crippen LogP) is 7.92. The highest BCUT2D eigenvalue weighted by atomic mass is 32.1. The van der Waals surface area contributed by atoms with Crippen LogP contribution in [0.5, 0.6) is 0 Å². The molecule has 1 aliphatic carbocycles. The van der Waals surface area contributed by atoms with Gasteiger partial charge in [-0.25, -0.2) is 4.79 Å². The number of hydrogen-bond acceptors (Lipinski definition) is 4. The second-order valence-corrected chi connectivity index (χ2v) is 11.4. The maximum Gasteiger partial charge on any atom is 0.407 e. The van der Waals surface area contributed by atoms with Crippen molar-refractivity contribution in [2.75, 3.05) is 13.6 Å². The average molecular weight is 491 g/mol. The largest absolute Gasteiger partial charge is 0.444 e. The summed E-state index contributed by atoms with van der Waals surface area (Å²) in [7, 11) is 1.83. The summed E-state index contributed by atoms with van der Waals surface area (Å²) < 4.78 is 5.41. The topological polar surface area (TPSA) is 50.7 Å². The van der Waals surface area contributed by atoms with Crippen LogP contribution in [0.1, 0.15) is 76.0 Å². The van der Waals surface area contributed by atoms with Gasteiger partial charge in [-0.3, -0.25) is 4.99 Å². The first-order chi connectivity index (χ1) is 16.4. The molecular weight excluding hydrogens is 452 g/mol. The molecule has 0 saturated heterocycles. The highest BCUT2D eigenvalue weighted by Gasteiger charge is 2.44. The van der Waals surface area contributed by atoms with Gasteiger partial charge in [0.2, 0.25) is 0 Å². The summed E-state index contributed by atoms with van der Waals surface area (Å²) in [6, 6.07) is 10.9. The molecule has 1 amide bonds. The van der Waals surface area contributed by atoms with Crippen LogP contribution in [0.25, 0.3) is 16.7 Å². The Hall–Kier alpha value is -2.92. The van der Waals surface area contributed by atoms with Gasteiger partial charge in [-0.05, 0) is 93.7 Å². The Bertz CT molecular complexity index is 1190. The Balaban J connectivity index is 1.97. The Kier molecular flexibility index (Phi) is 7.90. The summed E-state index contributed by atoms with van der Waals surface area (Å²) in [4.78, 5) is 17.9. The van der Waals surface area contributed by atoms with Crippen LogP contribution in [0.15, 0.2) is 59.4 Å². The molecule has 1 aromatic carbocycles. The number of carbonyl (C=O) groups is 1.